The molecule has 0 spiro atoms. The summed E-state index contributed by atoms with van der Waals surface area (Å²) in [6.45, 7) is 12.6. The Labute approximate surface area is 328 Å². The van der Waals surface area contributed by atoms with Crippen LogP contribution in [0.2, 0.25) is 0 Å². The van der Waals surface area contributed by atoms with Crippen molar-refractivity contribution >= 4 is 22.5 Å². The minimum absolute atomic E-state index is 0. The molecule has 292 valence electrons. The second-order valence-electron chi connectivity index (χ2n) is 14.6. The Morgan fingerprint density at radius 2 is 1.44 bits per heavy atom. The van der Waals surface area contributed by atoms with Gasteiger partial charge in [-0.15, -0.1) is 0 Å². The molecule has 0 unspecified atom stereocenters. The number of anilines is 1. The van der Waals surface area contributed by atoms with Crippen LogP contribution in [-0.4, -0.2) is 67.5 Å². The first-order valence-corrected chi connectivity index (χ1v) is 19.6. The number of unbranched alkanes of at least 4 members (excludes halogenated alkanes) is 4. The zero-order valence-corrected chi connectivity index (χ0v) is 33.5. The summed E-state index contributed by atoms with van der Waals surface area (Å²) in [5, 5.41) is 0.298. The second kappa shape index (κ2) is 19.1. The van der Waals surface area contributed by atoms with Gasteiger partial charge in [-0.3, -0.25) is 9.59 Å². The van der Waals surface area contributed by atoms with Crippen molar-refractivity contribution < 1.29 is 49.3 Å². The maximum atomic E-state index is 14.2. The summed E-state index contributed by atoms with van der Waals surface area (Å²) < 4.78 is 49.7. The maximum absolute atomic E-state index is 14.2. The van der Waals surface area contributed by atoms with Crippen LogP contribution in [0.1, 0.15) is 88.9 Å². The van der Waals surface area contributed by atoms with Gasteiger partial charge in [0.1, 0.15) is 34.4 Å². The van der Waals surface area contributed by atoms with Gasteiger partial charge in [-0.05, 0) is 89.0 Å². The third kappa shape index (κ3) is 9.82. The van der Waals surface area contributed by atoms with Crippen LogP contribution in [0.3, 0.4) is 0 Å². The number of piperidine rings is 3. The lowest BCUT2D eigenvalue weighted by Gasteiger charge is -2.49. The van der Waals surface area contributed by atoms with Crippen molar-refractivity contribution in [3.63, 3.8) is 0 Å². The molecule has 3 aromatic carbocycles. The van der Waals surface area contributed by atoms with Crippen LogP contribution in [0.4, 0.5) is 14.5 Å². The number of aromatic nitrogens is 1. The lowest BCUT2D eigenvalue weighted by Crippen LogP contribution is -3.00. The van der Waals surface area contributed by atoms with Crippen molar-refractivity contribution in [3.05, 3.63) is 88.2 Å². The Bertz CT molecular complexity index is 1910. The minimum Gasteiger partial charge on any atom is -1.00 e. The third-order valence-electron chi connectivity index (χ3n) is 10.9. The zero-order chi connectivity index (χ0) is 37.4. The molecule has 54 heavy (non-hydrogen) atoms. The number of hydrogen-bond acceptors (Lipinski definition) is 5. The maximum Gasteiger partial charge on any atom is 0.263 e. The molecule has 4 aromatic rings. The van der Waals surface area contributed by atoms with Gasteiger partial charge in [0.15, 0.2) is 0 Å². The van der Waals surface area contributed by atoms with Crippen LogP contribution < -0.4 is 41.5 Å². The molecule has 0 saturated carbocycles. The number of halogens is 3. The number of quaternary nitrogens is 1. The number of hydrogen-bond donors (Lipinski definition) is 0. The molecule has 8 nitrogen and oxygen atoms in total. The average molecular weight is 811 g/mol. The number of fused-ring (bicyclic) bond motifs is 4. The minimum atomic E-state index is -0.817. The summed E-state index contributed by atoms with van der Waals surface area (Å²) >= 11 is 0. The predicted molar refractivity (Wildman–Crippen MR) is 206 cm³/mol. The van der Waals surface area contributed by atoms with Gasteiger partial charge in [0.25, 0.3) is 5.91 Å². The number of rotatable bonds is 18. The molecule has 1 amide bonds. The van der Waals surface area contributed by atoms with E-state index in [9.17, 15) is 18.4 Å². The van der Waals surface area contributed by atoms with Crippen molar-refractivity contribution in [1.82, 2.24) is 4.57 Å². The highest BCUT2D eigenvalue weighted by molar-refractivity contribution is 6.07. The predicted octanol–water partition coefficient (Wildman–Crippen LogP) is 6.09. The van der Waals surface area contributed by atoms with Crippen molar-refractivity contribution in [2.24, 2.45) is 5.92 Å². The zero-order valence-electron chi connectivity index (χ0n) is 31.9. The number of carbonyl (C=O) groups excluding carboxylic acids is 1. The molecule has 0 radical (unpaired) electrons. The van der Waals surface area contributed by atoms with E-state index in [0.29, 0.717) is 53.7 Å². The molecule has 3 fully saturated rings. The summed E-state index contributed by atoms with van der Waals surface area (Å²) in [5.74, 6) is 0.446. The van der Waals surface area contributed by atoms with Gasteiger partial charge < -0.3 is 45.1 Å². The Kier molecular flexibility index (Phi) is 14.6. The van der Waals surface area contributed by atoms with E-state index in [-0.39, 0.29) is 34.8 Å². The van der Waals surface area contributed by atoms with Gasteiger partial charge in [0.05, 0.1) is 57.2 Å². The molecule has 0 atom stereocenters. The molecule has 0 N–H and O–H groups in total. The van der Waals surface area contributed by atoms with Crippen LogP contribution in [0.25, 0.3) is 16.6 Å². The highest BCUT2D eigenvalue weighted by Gasteiger charge is 2.38. The highest BCUT2D eigenvalue weighted by atomic mass is 79.9. The fourth-order valence-corrected chi connectivity index (χ4v) is 8.04. The molecule has 7 rings (SSSR count). The normalized spacial score (nSPS) is 17.6. The summed E-state index contributed by atoms with van der Waals surface area (Å²) in [7, 11) is 0. The SMILES string of the molecule is CCCOc1cc(OCC)cc(-n2cc(C(=O)N(CC)c3cc(F)cc(F)c3)c(=O)c3ccc(OCCCCCCC[N+]45CCC(CC4)CC5)cc32)c1.[Br-]. The lowest BCUT2D eigenvalue weighted by atomic mass is 9.85. The van der Waals surface area contributed by atoms with E-state index in [0.717, 1.165) is 43.4 Å². The standard InChI is InChI=1S/C43H54F2N3O5.BrH/c1-4-21-52-38-27-35(26-37(28-38)51-6-3)47-30-40(43(50)46(5-2)34-24-32(44)23-33(45)25-34)42(49)39-13-12-36(29-41(39)47)53-22-11-9-7-8-10-17-48-18-14-31(15-19-48)16-20-48;/h12-13,23-31H,4-11,14-22H2,1-3H3;1H/q+1;/p-1. The number of benzene rings is 3. The van der Waals surface area contributed by atoms with Crippen molar-refractivity contribution in [2.45, 2.75) is 78.6 Å². The number of amides is 1. The van der Waals surface area contributed by atoms with Gasteiger partial charge in [0, 0.05) is 54.1 Å². The van der Waals surface area contributed by atoms with Crippen molar-refractivity contribution in [3.8, 4) is 22.9 Å². The molecule has 2 bridgehead atoms. The van der Waals surface area contributed by atoms with Crippen LogP contribution in [0.5, 0.6) is 17.2 Å². The highest BCUT2D eigenvalue weighted by Crippen LogP contribution is 2.34. The largest absolute Gasteiger partial charge is 1.00 e. The average Bonchev–Trinajstić information content (AvgIpc) is 3.16. The van der Waals surface area contributed by atoms with Crippen molar-refractivity contribution in [2.75, 3.05) is 57.4 Å². The topological polar surface area (TPSA) is 70.0 Å². The van der Waals surface area contributed by atoms with Crippen LogP contribution in [0, 0.1) is 17.6 Å². The fraction of sp³-hybridized carbons (Fsp3) is 0.488. The summed E-state index contributed by atoms with van der Waals surface area (Å²) in [5.41, 5.74) is 0.523. The van der Waals surface area contributed by atoms with E-state index in [4.69, 9.17) is 14.2 Å². The first-order valence-electron chi connectivity index (χ1n) is 19.6. The Morgan fingerprint density at radius 3 is 2.11 bits per heavy atom. The molecular formula is C43H54BrF2N3O5. The van der Waals surface area contributed by atoms with E-state index < -0.39 is 23.0 Å². The Balaban J connectivity index is 0.00000561. The molecular weight excluding hydrogens is 756 g/mol. The van der Waals surface area contributed by atoms with E-state index >= 15 is 0 Å². The van der Waals surface area contributed by atoms with Crippen molar-refractivity contribution in [1.29, 1.82) is 0 Å². The summed E-state index contributed by atoms with van der Waals surface area (Å²) in [6, 6.07) is 13.6. The van der Waals surface area contributed by atoms with E-state index in [2.05, 4.69) is 0 Å². The quantitative estimate of drug-likeness (QED) is 0.0901. The van der Waals surface area contributed by atoms with Gasteiger partial charge in [-0.25, -0.2) is 8.78 Å². The van der Waals surface area contributed by atoms with E-state index in [1.165, 1.54) is 80.3 Å². The van der Waals surface area contributed by atoms with Crippen LogP contribution >= 0.6 is 0 Å². The van der Waals surface area contributed by atoms with Gasteiger partial charge in [-0.1, -0.05) is 19.8 Å². The van der Waals surface area contributed by atoms with Crippen LogP contribution in [-0.2, 0) is 0 Å². The Hall–Kier alpha value is -3.96. The first kappa shape index (κ1) is 41.2. The molecule has 3 aliphatic rings. The third-order valence-corrected chi connectivity index (χ3v) is 10.9. The molecule has 11 heteroatoms. The smallest absolute Gasteiger partial charge is 0.263 e. The lowest BCUT2D eigenvalue weighted by molar-refractivity contribution is -0.942. The molecule has 3 aliphatic heterocycles. The first-order chi connectivity index (χ1) is 25.7. The molecule has 0 aliphatic carbocycles. The van der Waals surface area contributed by atoms with Gasteiger partial charge >= 0.3 is 0 Å². The molecule has 3 saturated heterocycles. The van der Waals surface area contributed by atoms with E-state index in [1.807, 2.05) is 38.1 Å². The monoisotopic (exact) mass is 809 g/mol. The van der Waals surface area contributed by atoms with Gasteiger partial charge in [0.2, 0.25) is 5.43 Å². The summed E-state index contributed by atoms with van der Waals surface area (Å²) in [6.07, 6.45) is 12.3. The number of carbonyl (C=O) groups is 1. The van der Waals surface area contributed by atoms with Crippen LogP contribution in [0.15, 0.2) is 65.6 Å². The van der Waals surface area contributed by atoms with Gasteiger partial charge in [-0.2, -0.15) is 0 Å². The Morgan fingerprint density at radius 1 is 0.796 bits per heavy atom. The van der Waals surface area contributed by atoms with E-state index in [1.54, 1.807) is 23.6 Å². The number of pyridine rings is 1. The molecule has 4 heterocycles. The number of nitrogens with zero attached hydrogens (tertiary/aromatic N) is 3. The number of ether oxygens (including phenoxy) is 3. The molecule has 1 aromatic heterocycles. The fourth-order valence-electron chi connectivity index (χ4n) is 8.04. The second-order valence-corrected chi connectivity index (χ2v) is 14.6. The summed E-state index contributed by atoms with van der Waals surface area (Å²) in [4.78, 5) is 29.3.